The second-order valence-corrected chi connectivity index (χ2v) is 4.71. The average Bonchev–Trinajstić information content (AvgIpc) is 2.24. The molecule has 0 aromatic heterocycles. The van der Waals surface area contributed by atoms with Crippen LogP contribution in [0.15, 0.2) is 18.2 Å². The second kappa shape index (κ2) is 6.01. The Morgan fingerprint density at radius 3 is 2.32 bits per heavy atom. The second-order valence-electron chi connectivity index (χ2n) is 4.71. The highest BCUT2D eigenvalue weighted by atomic mass is 35.5. The maximum Gasteiger partial charge on any atom is 0.416 e. The maximum atomic E-state index is 12.7. The van der Waals surface area contributed by atoms with E-state index in [1.807, 2.05) is 0 Å². The van der Waals surface area contributed by atoms with Crippen molar-refractivity contribution in [1.29, 1.82) is 0 Å². The Kier molecular flexibility index (Phi) is 5.10. The van der Waals surface area contributed by atoms with Gasteiger partial charge in [-0.1, -0.05) is 6.42 Å². The van der Waals surface area contributed by atoms with Crippen LogP contribution in [0.4, 0.5) is 13.2 Å². The third-order valence-corrected chi connectivity index (χ3v) is 3.53. The van der Waals surface area contributed by atoms with Crippen LogP contribution >= 0.6 is 12.4 Å². The van der Waals surface area contributed by atoms with Crippen molar-refractivity contribution in [3.05, 3.63) is 29.3 Å². The summed E-state index contributed by atoms with van der Waals surface area (Å²) in [5.41, 5.74) is 5.82. The van der Waals surface area contributed by atoms with Gasteiger partial charge in [-0.25, -0.2) is 0 Å². The molecule has 0 saturated heterocycles. The van der Waals surface area contributed by atoms with E-state index in [1.165, 1.54) is 7.11 Å². The van der Waals surface area contributed by atoms with Crippen LogP contribution in [0.3, 0.4) is 0 Å². The van der Waals surface area contributed by atoms with E-state index in [-0.39, 0.29) is 30.1 Å². The van der Waals surface area contributed by atoms with E-state index < -0.39 is 11.7 Å². The summed E-state index contributed by atoms with van der Waals surface area (Å²) in [5, 5.41) is 0. The fourth-order valence-corrected chi connectivity index (χ4v) is 2.17. The first-order valence-electron chi connectivity index (χ1n) is 5.93. The summed E-state index contributed by atoms with van der Waals surface area (Å²) >= 11 is 0. The van der Waals surface area contributed by atoms with Crippen molar-refractivity contribution < 1.29 is 17.9 Å². The molecule has 1 fully saturated rings. The third kappa shape index (κ3) is 3.54. The van der Waals surface area contributed by atoms with Crippen LogP contribution in [0.5, 0.6) is 5.75 Å². The van der Waals surface area contributed by atoms with Gasteiger partial charge in [0, 0.05) is 6.04 Å². The Morgan fingerprint density at radius 1 is 1.26 bits per heavy atom. The lowest BCUT2D eigenvalue weighted by Crippen LogP contribution is -2.27. The van der Waals surface area contributed by atoms with Crippen molar-refractivity contribution in [2.45, 2.75) is 31.5 Å². The maximum absolute atomic E-state index is 12.7. The largest absolute Gasteiger partial charge is 0.497 e. The predicted molar refractivity (Wildman–Crippen MR) is 69.5 cm³/mol. The highest BCUT2D eigenvalue weighted by Gasteiger charge is 2.33. The molecule has 2 N–H and O–H groups in total. The van der Waals surface area contributed by atoms with Crippen LogP contribution in [-0.2, 0) is 6.18 Å². The first-order chi connectivity index (χ1) is 8.41. The fraction of sp³-hybridized carbons (Fsp3) is 0.538. The van der Waals surface area contributed by atoms with E-state index in [2.05, 4.69) is 0 Å². The smallest absolute Gasteiger partial charge is 0.416 e. The van der Waals surface area contributed by atoms with Crippen molar-refractivity contribution >= 4 is 12.4 Å². The van der Waals surface area contributed by atoms with Crippen LogP contribution in [0, 0.1) is 5.92 Å². The van der Waals surface area contributed by atoms with Gasteiger partial charge in [0.05, 0.1) is 12.7 Å². The molecular weight excluding hydrogens is 279 g/mol. The number of alkyl halides is 3. The van der Waals surface area contributed by atoms with Crippen molar-refractivity contribution in [2.75, 3.05) is 7.11 Å². The molecule has 1 saturated carbocycles. The van der Waals surface area contributed by atoms with Gasteiger partial charge < -0.3 is 10.5 Å². The lowest BCUT2D eigenvalue weighted by molar-refractivity contribution is -0.137. The van der Waals surface area contributed by atoms with E-state index in [9.17, 15) is 13.2 Å². The third-order valence-electron chi connectivity index (χ3n) is 3.53. The zero-order valence-electron chi connectivity index (χ0n) is 10.5. The number of rotatable bonds is 3. The molecule has 0 amide bonds. The van der Waals surface area contributed by atoms with Crippen LogP contribution in [0.2, 0.25) is 0 Å². The normalized spacial score (nSPS) is 17.3. The summed E-state index contributed by atoms with van der Waals surface area (Å²) in [6.45, 7) is 0. The number of benzene rings is 1. The van der Waals surface area contributed by atoms with E-state index in [0.717, 1.165) is 31.4 Å². The number of halogens is 4. The number of hydrogen-bond donors (Lipinski definition) is 1. The molecule has 1 aliphatic rings. The minimum atomic E-state index is -4.37. The van der Waals surface area contributed by atoms with E-state index >= 15 is 0 Å². The lowest BCUT2D eigenvalue weighted by Gasteiger charge is -2.31. The molecule has 0 bridgehead atoms. The molecule has 1 aromatic rings. The topological polar surface area (TPSA) is 35.2 Å². The summed E-state index contributed by atoms with van der Waals surface area (Å²) in [6.07, 6.45) is -1.30. The monoisotopic (exact) mass is 295 g/mol. The van der Waals surface area contributed by atoms with Crippen LogP contribution in [0.1, 0.15) is 36.4 Å². The van der Waals surface area contributed by atoms with Crippen molar-refractivity contribution in [3.63, 3.8) is 0 Å². The lowest BCUT2D eigenvalue weighted by atomic mass is 9.77. The number of hydrogen-bond acceptors (Lipinski definition) is 2. The van der Waals surface area contributed by atoms with Gasteiger partial charge >= 0.3 is 6.18 Å². The average molecular weight is 296 g/mol. The van der Waals surface area contributed by atoms with Gasteiger partial charge in [-0.05, 0) is 42.5 Å². The molecule has 0 aliphatic heterocycles. The molecule has 2 rings (SSSR count). The predicted octanol–water partition coefficient (Wildman–Crippen LogP) is 3.94. The fourth-order valence-electron chi connectivity index (χ4n) is 2.17. The number of ether oxygens (including phenoxy) is 1. The first kappa shape index (κ1) is 16.1. The van der Waals surface area contributed by atoms with Gasteiger partial charge in [0.15, 0.2) is 0 Å². The standard InChI is InChI=1S/C13H16F3NO.ClH/c1-18-11-6-9(12(17)8-3-2-4-8)5-10(7-11)13(14,15)16;/h5-8,12H,2-4,17H2,1H3;1H/t12-;/m0./s1. The van der Waals surface area contributed by atoms with Gasteiger partial charge in [0.25, 0.3) is 0 Å². The minimum absolute atomic E-state index is 0. The highest BCUT2D eigenvalue weighted by Crippen LogP contribution is 2.39. The zero-order valence-corrected chi connectivity index (χ0v) is 11.4. The Balaban J connectivity index is 0.00000180. The van der Waals surface area contributed by atoms with Crippen molar-refractivity contribution in [2.24, 2.45) is 11.7 Å². The van der Waals surface area contributed by atoms with Crippen LogP contribution in [-0.4, -0.2) is 7.11 Å². The van der Waals surface area contributed by atoms with E-state index in [4.69, 9.17) is 10.5 Å². The quantitative estimate of drug-likeness (QED) is 0.917. The summed E-state index contributed by atoms with van der Waals surface area (Å²) in [7, 11) is 1.36. The molecule has 0 spiro atoms. The molecule has 108 valence electrons. The SMILES string of the molecule is COc1cc([C@@H](N)C2CCC2)cc(C(F)(F)F)c1.Cl. The first-order valence-corrected chi connectivity index (χ1v) is 5.93. The number of methoxy groups -OCH3 is 1. The molecule has 6 heteroatoms. The van der Waals surface area contributed by atoms with Crippen LogP contribution in [0.25, 0.3) is 0 Å². The van der Waals surface area contributed by atoms with Crippen LogP contribution < -0.4 is 10.5 Å². The van der Waals surface area contributed by atoms with Gasteiger partial charge in [0.2, 0.25) is 0 Å². The molecule has 2 nitrogen and oxygen atoms in total. The molecular formula is C13H17ClF3NO. The zero-order chi connectivity index (χ0) is 13.3. The van der Waals surface area contributed by atoms with Gasteiger partial charge in [-0.15, -0.1) is 12.4 Å². The van der Waals surface area contributed by atoms with E-state index in [1.54, 1.807) is 6.07 Å². The van der Waals surface area contributed by atoms with Gasteiger partial charge in [-0.2, -0.15) is 13.2 Å². The summed E-state index contributed by atoms with van der Waals surface area (Å²) in [4.78, 5) is 0. The Bertz CT molecular complexity index is 432. The van der Waals surface area contributed by atoms with Crippen molar-refractivity contribution in [3.8, 4) is 5.75 Å². The van der Waals surface area contributed by atoms with Crippen molar-refractivity contribution in [1.82, 2.24) is 0 Å². The molecule has 19 heavy (non-hydrogen) atoms. The highest BCUT2D eigenvalue weighted by molar-refractivity contribution is 5.85. The van der Waals surface area contributed by atoms with Gasteiger partial charge in [-0.3, -0.25) is 0 Å². The Morgan fingerprint density at radius 2 is 1.89 bits per heavy atom. The van der Waals surface area contributed by atoms with E-state index in [0.29, 0.717) is 5.56 Å². The molecule has 1 aliphatic carbocycles. The molecule has 1 atom stereocenters. The Labute approximate surface area is 116 Å². The summed E-state index contributed by atoms with van der Waals surface area (Å²) < 4.78 is 43.2. The molecule has 1 aromatic carbocycles. The Hall–Kier alpha value is -0.940. The minimum Gasteiger partial charge on any atom is -0.497 e. The molecule has 0 radical (unpaired) electrons. The number of nitrogens with two attached hydrogens (primary N) is 1. The molecule has 0 heterocycles. The summed E-state index contributed by atoms with van der Waals surface area (Å²) in [5.74, 6) is 0.493. The summed E-state index contributed by atoms with van der Waals surface area (Å²) in [6, 6.07) is 3.38. The molecule has 0 unspecified atom stereocenters. The van der Waals surface area contributed by atoms with Gasteiger partial charge in [0.1, 0.15) is 5.75 Å².